The standard InChI is InChI=1S/C16H20N4O/c1-20-10-13-5-3-2-4-12(13)8-15(20)16(21)18-7-6-14-9-17-11-19-14/h2-5,9,11,15H,6-8,10H2,1H3,(H,17,19)(H,18,21)/t15-/m1/s1. The Kier molecular flexibility index (Phi) is 4.01. The van der Waals surface area contributed by atoms with Gasteiger partial charge in [-0.1, -0.05) is 24.3 Å². The number of likely N-dealkylation sites (N-methyl/N-ethyl adjacent to an activating group) is 1. The van der Waals surface area contributed by atoms with Gasteiger partial charge in [0.15, 0.2) is 0 Å². The van der Waals surface area contributed by atoms with Gasteiger partial charge in [-0.25, -0.2) is 4.98 Å². The van der Waals surface area contributed by atoms with Crippen molar-refractivity contribution >= 4 is 5.91 Å². The van der Waals surface area contributed by atoms with Crippen LogP contribution in [0.4, 0.5) is 0 Å². The lowest BCUT2D eigenvalue weighted by Crippen LogP contribution is -2.48. The Hall–Kier alpha value is -2.14. The quantitative estimate of drug-likeness (QED) is 0.884. The molecular formula is C16H20N4O. The number of nitrogens with one attached hydrogen (secondary N) is 2. The number of carbonyl (C=O) groups excluding carboxylic acids is 1. The number of nitrogens with zero attached hydrogens (tertiary/aromatic N) is 2. The smallest absolute Gasteiger partial charge is 0.237 e. The molecule has 2 aromatic rings. The summed E-state index contributed by atoms with van der Waals surface area (Å²) >= 11 is 0. The number of H-pyrrole nitrogens is 1. The highest BCUT2D eigenvalue weighted by atomic mass is 16.2. The van der Waals surface area contributed by atoms with E-state index in [-0.39, 0.29) is 11.9 Å². The van der Waals surface area contributed by atoms with Crippen LogP contribution in [0.15, 0.2) is 36.8 Å². The number of carbonyl (C=O) groups is 1. The number of benzene rings is 1. The van der Waals surface area contributed by atoms with E-state index in [4.69, 9.17) is 0 Å². The third-order valence-corrected chi connectivity index (χ3v) is 4.03. The molecule has 5 nitrogen and oxygen atoms in total. The van der Waals surface area contributed by atoms with Gasteiger partial charge in [0.2, 0.25) is 5.91 Å². The number of hydrogen-bond acceptors (Lipinski definition) is 3. The van der Waals surface area contributed by atoms with E-state index in [1.54, 1.807) is 12.5 Å². The summed E-state index contributed by atoms with van der Waals surface area (Å²) in [5.41, 5.74) is 3.64. The van der Waals surface area contributed by atoms with Crippen molar-refractivity contribution < 1.29 is 4.79 Å². The van der Waals surface area contributed by atoms with E-state index in [1.165, 1.54) is 11.1 Å². The molecular weight excluding hydrogens is 264 g/mol. The maximum absolute atomic E-state index is 12.4. The SMILES string of the molecule is CN1Cc2ccccc2C[C@@H]1C(=O)NCCc1cnc[nH]1. The molecule has 3 rings (SSSR count). The van der Waals surface area contributed by atoms with Crippen LogP contribution in [0.3, 0.4) is 0 Å². The van der Waals surface area contributed by atoms with Crippen LogP contribution in [-0.4, -0.2) is 40.4 Å². The second-order valence-corrected chi connectivity index (χ2v) is 5.52. The van der Waals surface area contributed by atoms with Gasteiger partial charge in [0, 0.05) is 31.4 Å². The number of amides is 1. The molecule has 2 N–H and O–H groups in total. The normalized spacial score (nSPS) is 18.2. The number of rotatable bonds is 4. The summed E-state index contributed by atoms with van der Waals surface area (Å²) in [6.07, 6.45) is 5.00. The first-order chi connectivity index (χ1) is 10.2. The number of imidazole rings is 1. The van der Waals surface area contributed by atoms with Gasteiger partial charge in [0.05, 0.1) is 12.4 Å². The fraction of sp³-hybridized carbons (Fsp3) is 0.375. The van der Waals surface area contributed by atoms with Crippen LogP contribution in [0.5, 0.6) is 0 Å². The average Bonchev–Trinajstić information content (AvgIpc) is 2.99. The van der Waals surface area contributed by atoms with Gasteiger partial charge >= 0.3 is 0 Å². The van der Waals surface area contributed by atoms with Gasteiger partial charge in [-0.3, -0.25) is 9.69 Å². The van der Waals surface area contributed by atoms with Crippen LogP contribution < -0.4 is 5.32 Å². The highest BCUT2D eigenvalue weighted by molar-refractivity contribution is 5.82. The Labute approximate surface area is 124 Å². The lowest BCUT2D eigenvalue weighted by Gasteiger charge is -2.33. The first-order valence-corrected chi connectivity index (χ1v) is 7.26. The highest BCUT2D eigenvalue weighted by Gasteiger charge is 2.28. The number of fused-ring (bicyclic) bond motifs is 1. The first kappa shape index (κ1) is 13.8. The monoisotopic (exact) mass is 284 g/mol. The van der Waals surface area contributed by atoms with Crippen LogP contribution in [0.25, 0.3) is 0 Å². The fourth-order valence-corrected chi connectivity index (χ4v) is 2.81. The summed E-state index contributed by atoms with van der Waals surface area (Å²) in [5.74, 6) is 0.103. The van der Waals surface area contributed by atoms with Crippen molar-refractivity contribution in [2.24, 2.45) is 0 Å². The third kappa shape index (κ3) is 3.13. The van der Waals surface area contributed by atoms with Crippen LogP contribution in [-0.2, 0) is 24.2 Å². The predicted octanol–water partition coefficient (Wildman–Crippen LogP) is 1.13. The van der Waals surface area contributed by atoms with E-state index < -0.39 is 0 Å². The van der Waals surface area contributed by atoms with Crippen molar-refractivity contribution in [1.29, 1.82) is 0 Å². The largest absolute Gasteiger partial charge is 0.354 e. The second kappa shape index (κ2) is 6.10. The Balaban J connectivity index is 1.57. The Morgan fingerprint density at radius 2 is 2.24 bits per heavy atom. The first-order valence-electron chi connectivity index (χ1n) is 7.26. The average molecular weight is 284 g/mol. The second-order valence-electron chi connectivity index (χ2n) is 5.52. The van der Waals surface area contributed by atoms with E-state index in [2.05, 4.69) is 38.4 Å². The lowest BCUT2D eigenvalue weighted by atomic mass is 9.94. The molecule has 0 fully saturated rings. The van der Waals surface area contributed by atoms with Gasteiger partial charge < -0.3 is 10.3 Å². The molecule has 0 aliphatic carbocycles. The summed E-state index contributed by atoms with van der Waals surface area (Å²) in [7, 11) is 2.01. The summed E-state index contributed by atoms with van der Waals surface area (Å²) in [6.45, 7) is 1.46. The summed E-state index contributed by atoms with van der Waals surface area (Å²) in [6, 6.07) is 8.27. The molecule has 0 saturated carbocycles. The molecule has 1 aromatic carbocycles. The molecule has 1 aromatic heterocycles. The fourth-order valence-electron chi connectivity index (χ4n) is 2.81. The zero-order valence-electron chi connectivity index (χ0n) is 12.2. The third-order valence-electron chi connectivity index (χ3n) is 4.03. The minimum absolute atomic E-state index is 0.0818. The van der Waals surface area contributed by atoms with E-state index in [1.807, 2.05) is 13.1 Å². The molecule has 21 heavy (non-hydrogen) atoms. The van der Waals surface area contributed by atoms with Crippen molar-refractivity contribution in [3.05, 3.63) is 53.6 Å². The van der Waals surface area contributed by atoms with Gasteiger partial charge in [-0.05, 0) is 24.6 Å². The molecule has 1 atom stereocenters. The molecule has 1 aliphatic heterocycles. The maximum atomic E-state index is 12.4. The maximum Gasteiger partial charge on any atom is 0.237 e. The highest BCUT2D eigenvalue weighted by Crippen LogP contribution is 2.21. The molecule has 110 valence electrons. The minimum atomic E-state index is -0.0818. The molecule has 5 heteroatoms. The lowest BCUT2D eigenvalue weighted by molar-refractivity contribution is -0.126. The van der Waals surface area contributed by atoms with Gasteiger partial charge in [0.25, 0.3) is 0 Å². The van der Waals surface area contributed by atoms with Crippen molar-refractivity contribution in [1.82, 2.24) is 20.2 Å². The van der Waals surface area contributed by atoms with Crippen molar-refractivity contribution in [2.75, 3.05) is 13.6 Å². The Bertz CT molecular complexity index is 608. The summed E-state index contributed by atoms with van der Waals surface area (Å²) in [5, 5.41) is 3.02. The summed E-state index contributed by atoms with van der Waals surface area (Å²) < 4.78 is 0. The van der Waals surface area contributed by atoms with Crippen LogP contribution in [0.1, 0.15) is 16.8 Å². The minimum Gasteiger partial charge on any atom is -0.354 e. The molecule has 0 spiro atoms. The summed E-state index contributed by atoms with van der Waals surface area (Å²) in [4.78, 5) is 21.5. The molecule has 0 saturated heterocycles. The van der Waals surface area contributed by atoms with Gasteiger partial charge in [-0.2, -0.15) is 0 Å². The Morgan fingerprint density at radius 1 is 1.43 bits per heavy atom. The number of aromatic nitrogens is 2. The van der Waals surface area contributed by atoms with E-state index >= 15 is 0 Å². The predicted molar refractivity (Wildman–Crippen MR) is 80.7 cm³/mol. The van der Waals surface area contributed by atoms with Crippen LogP contribution in [0.2, 0.25) is 0 Å². The zero-order chi connectivity index (χ0) is 14.7. The van der Waals surface area contributed by atoms with E-state index in [9.17, 15) is 4.79 Å². The zero-order valence-corrected chi connectivity index (χ0v) is 12.2. The van der Waals surface area contributed by atoms with Crippen molar-refractivity contribution in [3.8, 4) is 0 Å². The molecule has 1 aliphatic rings. The number of aromatic amines is 1. The van der Waals surface area contributed by atoms with Crippen LogP contribution >= 0.6 is 0 Å². The van der Waals surface area contributed by atoms with E-state index in [0.717, 1.165) is 25.1 Å². The van der Waals surface area contributed by atoms with Crippen molar-refractivity contribution in [3.63, 3.8) is 0 Å². The topological polar surface area (TPSA) is 61.0 Å². The Morgan fingerprint density at radius 3 is 3.00 bits per heavy atom. The van der Waals surface area contributed by atoms with Crippen molar-refractivity contribution in [2.45, 2.75) is 25.4 Å². The molecule has 1 amide bonds. The number of hydrogen-bond donors (Lipinski definition) is 2. The van der Waals surface area contributed by atoms with Gasteiger partial charge in [0.1, 0.15) is 0 Å². The molecule has 0 radical (unpaired) electrons. The van der Waals surface area contributed by atoms with E-state index in [0.29, 0.717) is 6.54 Å². The molecule has 0 unspecified atom stereocenters. The van der Waals surface area contributed by atoms with Crippen LogP contribution in [0, 0.1) is 0 Å². The van der Waals surface area contributed by atoms with Gasteiger partial charge in [-0.15, -0.1) is 0 Å². The molecule has 2 heterocycles. The molecule has 0 bridgehead atoms.